The SMILES string of the molecule is O=S(=O)(c1cccc2ncccc12)N1CCC(N2CCNCC2)C1. The molecule has 128 valence electrons. The fraction of sp³-hybridized carbons (Fsp3) is 0.471. The van der Waals surface area contributed by atoms with Gasteiger partial charge in [-0.15, -0.1) is 0 Å². The molecule has 2 aromatic rings. The van der Waals surface area contributed by atoms with Gasteiger partial charge in [0.15, 0.2) is 0 Å². The number of hydrogen-bond donors (Lipinski definition) is 1. The van der Waals surface area contributed by atoms with E-state index in [9.17, 15) is 8.42 Å². The lowest BCUT2D eigenvalue weighted by Gasteiger charge is -2.32. The number of sulfonamides is 1. The van der Waals surface area contributed by atoms with Gasteiger partial charge in [0.25, 0.3) is 0 Å². The molecular formula is C17H22N4O2S. The molecule has 2 saturated heterocycles. The van der Waals surface area contributed by atoms with Crippen molar-refractivity contribution in [1.29, 1.82) is 0 Å². The molecular weight excluding hydrogens is 324 g/mol. The summed E-state index contributed by atoms with van der Waals surface area (Å²) in [5.41, 5.74) is 0.719. The highest BCUT2D eigenvalue weighted by atomic mass is 32.2. The van der Waals surface area contributed by atoms with Crippen molar-refractivity contribution in [2.45, 2.75) is 17.4 Å². The minimum Gasteiger partial charge on any atom is -0.314 e. The lowest BCUT2D eigenvalue weighted by molar-refractivity contribution is 0.179. The van der Waals surface area contributed by atoms with Crippen LogP contribution in [0.25, 0.3) is 10.9 Å². The number of aromatic nitrogens is 1. The highest BCUT2D eigenvalue weighted by Crippen LogP contribution is 2.28. The first-order chi connectivity index (χ1) is 11.7. The average molecular weight is 346 g/mol. The molecule has 3 heterocycles. The first-order valence-electron chi connectivity index (χ1n) is 8.45. The van der Waals surface area contributed by atoms with Gasteiger partial charge in [-0.3, -0.25) is 9.88 Å². The summed E-state index contributed by atoms with van der Waals surface area (Å²) in [4.78, 5) is 7.06. The van der Waals surface area contributed by atoms with Crippen molar-refractivity contribution in [2.75, 3.05) is 39.3 Å². The molecule has 1 unspecified atom stereocenters. The Morgan fingerprint density at radius 1 is 1.08 bits per heavy atom. The van der Waals surface area contributed by atoms with Crippen LogP contribution in [-0.4, -0.2) is 67.9 Å². The van der Waals surface area contributed by atoms with Crippen molar-refractivity contribution in [3.8, 4) is 0 Å². The standard InChI is InChI=1S/C17H22N4O2S/c22-24(23,17-5-1-4-16-15(17)3-2-7-19-16)21-10-6-14(13-21)20-11-8-18-9-12-20/h1-5,7,14,18H,6,8-13H2. The highest BCUT2D eigenvalue weighted by Gasteiger charge is 2.36. The molecule has 2 aliphatic heterocycles. The zero-order valence-corrected chi connectivity index (χ0v) is 14.4. The second-order valence-corrected chi connectivity index (χ2v) is 8.32. The van der Waals surface area contributed by atoms with E-state index in [1.807, 2.05) is 12.1 Å². The van der Waals surface area contributed by atoms with Crippen molar-refractivity contribution in [3.05, 3.63) is 36.5 Å². The summed E-state index contributed by atoms with van der Waals surface area (Å²) < 4.78 is 27.9. The molecule has 0 radical (unpaired) electrons. The topological polar surface area (TPSA) is 65.5 Å². The van der Waals surface area contributed by atoms with Crippen molar-refractivity contribution in [1.82, 2.24) is 19.5 Å². The molecule has 1 N–H and O–H groups in total. The molecule has 0 amide bonds. The molecule has 0 saturated carbocycles. The lowest BCUT2D eigenvalue weighted by Crippen LogP contribution is -2.49. The van der Waals surface area contributed by atoms with Gasteiger partial charge in [-0.25, -0.2) is 8.42 Å². The predicted molar refractivity (Wildman–Crippen MR) is 93.3 cm³/mol. The molecule has 4 rings (SSSR count). The summed E-state index contributed by atoms with van der Waals surface area (Å²) in [5, 5.41) is 4.04. The second-order valence-electron chi connectivity index (χ2n) is 6.42. The third kappa shape index (κ3) is 2.82. The molecule has 0 bridgehead atoms. The molecule has 2 fully saturated rings. The Kier molecular flexibility index (Phi) is 4.26. The van der Waals surface area contributed by atoms with E-state index in [0.717, 1.165) is 38.1 Å². The number of hydrogen-bond acceptors (Lipinski definition) is 5. The highest BCUT2D eigenvalue weighted by molar-refractivity contribution is 7.89. The molecule has 2 aliphatic rings. The monoisotopic (exact) mass is 346 g/mol. The Morgan fingerprint density at radius 3 is 2.75 bits per heavy atom. The smallest absolute Gasteiger partial charge is 0.243 e. The Morgan fingerprint density at radius 2 is 1.92 bits per heavy atom. The van der Waals surface area contributed by atoms with Gasteiger partial charge in [-0.1, -0.05) is 6.07 Å². The van der Waals surface area contributed by atoms with Crippen molar-refractivity contribution in [3.63, 3.8) is 0 Å². The molecule has 6 nitrogen and oxygen atoms in total. The van der Waals surface area contributed by atoms with Gasteiger partial charge in [-0.2, -0.15) is 4.31 Å². The van der Waals surface area contributed by atoms with Crippen LogP contribution < -0.4 is 5.32 Å². The van der Waals surface area contributed by atoms with Crippen molar-refractivity contribution >= 4 is 20.9 Å². The van der Waals surface area contributed by atoms with E-state index in [1.165, 1.54) is 0 Å². The van der Waals surface area contributed by atoms with Crippen LogP contribution >= 0.6 is 0 Å². The second kappa shape index (κ2) is 6.40. The number of benzene rings is 1. The minimum absolute atomic E-state index is 0.329. The molecule has 24 heavy (non-hydrogen) atoms. The van der Waals surface area contributed by atoms with Crippen LogP contribution in [0.5, 0.6) is 0 Å². The molecule has 0 spiro atoms. The summed E-state index contributed by atoms with van der Waals surface area (Å²) in [5.74, 6) is 0. The Bertz CT molecular complexity index is 828. The van der Waals surface area contributed by atoms with Gasteiger partial charge in [-0.05, 0) is 30.7 Å². The van der Waals surface area contributed by atoms with E-state index in [1.54, 1.807) is 28.7 Å². The summed E-state index contributed by atoms with van der Waals surface area (Å²) in [6.07, 6.45) is 2.59. The maximum Gasteiger partial charge on any atom is 0.243 e. The van der Waals surface area contributed by atoms with Crippen LogP contribution in [0.4, 0.5) is 0 Å². The number of pyridine rings is 1. The van der Waals surface area contributed by atoms with Gasteiger partial charge in [0.2, 0.25) is 10.0 Å². The first kappa shape index (κ1) is 16.0. The van der Waals surface area contributed by atoms with E-state index in [4.69, 9.17) is 0 Å². The largest absolute Gasteiger partial charge is 0.314 e. The molecule has 1 aromatic heterocycles. The normalized spacial score (nSPS) is 23.8. The van der Waals surface area contributed by atoms with E-state index in [0.29, 0.717) is 29.4 Å². The fourth-order valence-electron chi connectivity index (χ4n) is 3.71. The van der Waals surface area contributed by atoms with Gasteiger partial charge in [0.1, 0.15) is 0 Å². The van der Waals surface area contributed by atoms with Gasteiger partial charge < -0.3 is 5.32 Å². The van der Waals surface area contributed by atoms with E-state index in [2.05, 4.69) is 15.2 Å². The third-order valence-electron chi connectivity index (χ3n) is 5.02. The van der Waals surface area contributed by atoms with Crippen LogP contribution in [0, 0.1) is 0 Å². The predicted octanol–water partition coefficient (Wildman–Crippen LogP) is 0.903. The minimum atomic E-state index is -3.49. The maximum atomic E-state index is 13.1. The quantitative estimate of drug-likeness (QED) is 0.895. The molecule has 0 aliphatic carbocycles. The third-order valence-corrected chi connectivity index (χ3v) is 6.94. The van der Waals surface area contributed by atoms with Crippen molar-refractivity contribution in [2.24, 2.45) is 0 Å². The maximum absolute atomic E-state index is 13.1. The number of nitrogens with one attached hydrogen (secondary N) is 1. The summed E-state index contributed by atoms with van der Waals surface area (Å²) >= 11 is 0. The van der Waals surface area contributed by atoms with Crippen LogP contribution in [0.15, 0.2) is 41.4 Å². The number of piperazine rings is 1. The Labute approximate surface area is 142 Å². The summed E-state index contributed by atoms with van der Waals surface area (Å²) in [6.45, 7) is 5.14. The van der Waals surface area contributed by atoms with Crippen LogP contribution in [0.1, 0.15) is 6.42 Å². The Balaban J connectivity index is 1.61. The summed E-state index contributed by atoms with van der Waals surface area (Å²) in [7, 11) is -3.49. The van der Waals surface area contributed by atoms with E-state index < -0.39 is 10.0 Å². The molecule has 1 atom stereocenters. The molecule has 1 aromatic carbocycles. The van der Waals surface area contributed by atoms with Gasteiger partial charge in [0, 0.05) is 56.9 Å². The number of rotatable bonds is 3. The fourth-order valence-corrected chi connectivity index (χ4v) is 5.41. The van der Waals surface area contributed by atoms with Crippen molar-refractivity contribution < 1.29 is 8.42 Å². The summed E-state index contributed by atoms with van der Waals surface area (Å²) in [6, 6.07) is 9.26. The lowest BCUT2D eigenvalue weighted by atomic mass is 10.2. The number of nitrogens with zero attached hydrogens (tertiary/aromatic N) is 3. The van der Waals surface area contributed by atoms with Gasteiger partial charge >= 0.3 is 0 Å². The zero-order chi connectivity index (χ0) is 16.6. The van der Waals surface area contributed by atoms with Crippen LogP contribution in [-0.2, 0) is 10.0 Å². The van der Waals surface area contributed by atoms with Crippen LogP contribution in [0.3, 0.4) is 0 Å². The van der Waals surface area contributed by atoms with E-state index in [-0.39, 0.29) is 0 Å². The average Bonchev–Trinajstić information content (AvgIpc) is 3.13. The first-order valence-corrected chi connectivity index (χ1v) is 9.89. The van der Waals surface area contributed by atoms with Crippen LogP contribution in [0.2, 0.25) is 0 Å². The zero-order valence-electron chi connectivity index (χ0n) is 13.6. The molecule has 7 heteroatoms. The van der Waals surface area contributed by atoms with Gasteiger partial charge in [0.05, 0.1) is 10.4 Å². The Hall–Kier alpha value is -1.54. The van der Waals surface area contributed by atoms with E-state index >= 15 is 0 Å². The number of fused-ring (bicyclic) bond motifs is 1.